The molecule has 0 spiro atoms. The Morgan fingerprint density at radius 2 is 1.75 bits per heavy atom. The number of para-hydroxylation sites is 1. The van der Waals surface area contributed by atoms with Crippen LogP contribution in [-0.4, -0.2) is 5.90 Å². The lowest BCUT2D eigenvalue weighted by Gasteiger charge is -2.26. The number of hydrogen-bond donors (Lipinski definition) is 0. The standard InChI is InChI=1S/C17H16BrNO/c1-11(2)16-13-8-4-6-10-15(13)20-17(19-16)12-7-3-5-9-14(12)18/h3-11,16H,1-2H3/t16-/m1/s1. The van der Waals surface area contributed by atoms with Gasteiger partial charge in [0.2, 0.25) is 5.90 Å². The van der Waals surface area contributed by atoms with Crippen molar-refractivity contribution in [3.05, 3.63) is 64.1 Å². The predicted octanol–water partition coefficient (Wildman–Crippen LogP) is 4.99. The van der Waals surface area contributed by atoms with E-state index in [1.807, 2.05) is 42.5 Å². The number of ether oxygens (including phenoxy) is 1. The summed E-state index contributed by atoms with van der Waals surface area (Å²) < 4.78 is 7.00. The van der Waals surface area contributed by atoms with Crippen molar-refractivity contribution >= 4 is 21.8 Å². The van der Waals surface area contributed by atoms with Crippen LogP contribution in [0.25, 0.3) is 0 Å². The molecule has 0 amide bonds. The van der Waals surface area contributed by atoms with Crippen molar-refractivity contribution in [1.82, 2.24) is 0 Å². The van der Waals surface area contributed by atoms with Crippen molar-refractivity contribution < 1.29 is 4.74 Å². The molecule has 0 radical (unpaired) electrons. The minimum Gasteiger partial charge on any atom is -0.438 e. The molecule has 0 aliphatic carbocycles. The summed E-state index contributed by atoms with van der Waals surface area (Å²) in [5.41, 5.74) is 2.16. The van der Waals surface area contributed by atoms with Gasteiger partial charge in [-0.1, -0.05) is 44.2 Å². The molecule has 1 heterocycles. The van der Waals surface area contributed by atoms with E-state index in [-0.39, 0.29) is 6.04 Å². The second kappa shape index (κ2) is 5.41. The predicted molar refractivity (Wildman–Crippen MR) is 85.3 cm³/mol. The van der Waals surface area contributed by atoms with Gasteiger partial charge in [-0.2, -0.15) is 0 Å². The summed E-state index contributed by atoms with van der Waals surface area (Å²) in [6, 6.07) is 16.3. The molecule has 0 bridgehead atoms. The van der Waals surface area contributed by atoms with Crippen LogP contribution >= 0.6 is 15.9 Å². The smallest absolute Gasteiger partial charge is 0.223 e. The van der Waals surface area contributed by atoms with E-state index in [4.69, 9.17) is 9.73 Å². The van der Waals surface area contributed by atoms with E-state index >= 15 is 0 Å². The van der Waals surface area contributed by atoms with Crippen molar-refractivity contribution in [2.24, 2.45) is 10.9 Å². The molecule has 3 rings (SSSR count). The van der Waals surface area contributed by atoms with E-state index in [1.165, 1.54) is 5.56 Å². The highest BCUT2D eigenvalue weighted by molar-refractivity contribution is 9.10. The zero-order valence-electron chi connectivity index (χ0n) is 11.5. The van der Waals surface area contributed by atoms with Gasteiger partial charge in [0.25, 0.3) is 0 Å². The Bertz CT molecular complexity index is 664. The van der Waals surface area contributed by atoms with Crippen LogP contribution in [0.2, 0.25) is 0 Å². The second-order valence-electron chi connectivity index (χ2n) is 5.24. The highest BCUT2D eigenvalue weighted by atomic mass is 79.9. The molecule has 102 valence electrons. The van der Waals surface area contributed by atoms with E-state index in [0.29, 0.717) is 11.8 Å². The van der Waals surface area contributed by atoms with Gasteiger partial charge in [-0.15, -0.1) is 0 Å². The summed E-state index contributed by atoms with van der Waals surface area (Å²) in [6.07, 6.45) is 0. The Balaban J connectivity index is 2.09. The third-order valence-corrected chi connectivity index (χ3v) is 4.13. The molecular formula is C17H16BrNO. The van der Waals surface area contributed by atoms with Crippen LogP contribution in [0.4, 0.5) is 0 Å². The number of rotatable bonds is 2. The SMILES string of the molecule is CC(C)[C@H]1N=C(c2ccccc2Br)Oc2ccccc21. The zero-order chi connectivity index (χ0) is 14.1. The maximum Gasteiger partial charge on any atom is 0.223 e. The number of benzene rings is 2. The zero-order valence-corrected chi connectivity index (χ0v) is 13.1. The van der Waals surface area contributed by atoms with Crippen LogP contribution in [-0.2, 0) is 0 Å². The molecule has 20 heavy (non-hydrogen) atoms. The van der Waals surface area contributed by atoms with E-state index in [0.717, 1.165) is 15.8 Å². The second-order valence-corrected chi connectivity index (χ2v) is 6.10. The first-order valence-corrected chi connectivity index (χ1v) is 7.55. The van der Waals surface area contributed by atoms with Crippen LogP contribution in [0, 0.1) is 5.92 Å². The molecule has 1 atom stereocenters. The first-order valence-electron chi connectivity index (χ1n) is 6.76. The van der Waals surface area contributed by atoms with E-state index in [9.17, 15) is 0 Å². The molecule has 2 aromatic rings. The van der Waals surface area contributed by atoms with Crippen molar-refractivity contribution in [2.75, 3.05) is 0 Å². The Labute approximate surface area is 127 Å². The number of nitrogens with zero attached hydrogens (tertiary/aromatic N) is 1. The van der Waals surface area contributed by atoms with Gasteiger partial charge in [-0.3, -0.25) is 0 Å². The largest absolute Gasteiger partial charge is 0.438 e. The molecule has 2 nitrogen and oxygen atoms in total. The summed E-state index contributed by atoms with van der Waals surface area (Å²) in [4.78, 5) is 4.82. The van der Waals surface area contributed by atoms with Crippen molar-refractivity contribution in [1.29, 1.82) is 0 Å². The number of aliphatic imine (C=N–C) groups is 1. The molecule has 0 unspecified atom stereocenters. The van der Waals surface area contributed by atoms with Crippen LogP contribution < -0.4 is 4.74 Å². The van der Waals surface area contributed by atoms with Crippen LogP contribution in [0.3, 0.4) is 0 Å². The van der Waals surface area contributed by atoms with Crippen LogP contribution in [0.15, 0.2) is 58.0 Å². The van der Waals surface area contributed by atoms with E-state index < -0.39 is 0 Å². The van der Waals surface area contributed by atoms with Crippen molar-refractivity contribution in [2.45, 2.75) is 19.9 Å². The fraction of sp³-hybridized carbons (Fsp3) is 0.235. The number of hydrogen-bond acceptors (Lipinski definition) is 2. The molecule has 1 aliphatic heterocycles. The molecule has 0 fully saturated rings. The normalized spacial score (nSPS) is 17.4. The maximum absolute atomic E-state index is 6.00. The fourth-order valence-electron chi connectivity index (χ4n) is 2.41. The van der Waals surface area contributed by atoms with Gasteiger partial charge in [0.05, 0.1) is 11.6 Å². The van der Waals surface area contributed by atoms with Gasteiger partial charge >= 0.3 is 0 Å². The van der Waals surface area contributed by atoms with E-state index in [1.54, 1.807) is 0 Å². The summed E-state index contributed by atoms with van der Waals surface area (Å²) in [5, 5.41) is 0. The van der Waals surface area contributed by atoms with Crippen molar-refractivity contribution in [3.63, 3.8) is 0 Å². The van der Waals surface area contributed by atoms with Gasteiger partial charge in [0.1, 0.15) is 5.75 Å². The number of fused-ring (bicyclic) bond motifs is 1. The molecule has 0 saturated carbocycles. The van der Waals surface area contributed by atoms with Gasteiger partial charge in [-0.05, 0) is 40.0 Å². The Hall–Kier alpha value is -1.61. The molecule has 2 aromatic carbocycles. The average Bonchev–Trinajstić information content (AvgIpc) is 2.46. The quantitative estimate of drug-likeness (QED) is 0.760. The topological polar surface area (TPSA) is 21.6 Å². The minimum atomic E-state index is 0.141. The molecule has 0 N–H and O–H groups in total. The van der Waals surface area contributed by atoms with Crippen LogP contribution in [0.5, 0.6) is 5.75 Å². The summed E-state index contributed by atoms with van der Waals surface area (Å²) in [6.45, 7) is 4.38. The lowest BCUT2D eigenvalue weighted by molar-refractivity contribution is 0.440. The first-order chi connectivity index (χ1) is 9.66. The monoisotopic (exact) mass is 329 g/mol. The molecular weight excluding hydrogens is 314 g/mol. The summed E-state index contributed by atoms with van der Waals surface area (Å²) in [5.74, 6) is 2.03. The van der Waals surface area contributed by atoms with Gasteiger partial charge in [0.15, 0.2) is 0 Å². The fourth-order valence-corrected chi connectivity index (χ4v) is 2.87. The van der Waals surface area contributed by atoms with Gasteiger partial charge in [0, 0.05) is 10.0 Å². The van der Waals surface area contributed by atoms with Crippen LogP contribution in [0.1, 0.15) is 31.0 Å². The Kier molecular flexibility index (Phi) is 3.62. The highest BCUT2D eigenvalue weighted by Gasteiger charge is 2.26. The molecule has 0 saturated heterocycles. The minimum absolute atomic E-state index is 0.141. The van der Waals surface area contributed by atoms with Gasteiger partial charge in [-0.25, -0.2) is 4.99 Å². The molecule has 0 aromatic heterocycles. The maximum atomic E-state index is 6.00. The van der Waals surface area contributed by atoms with Gasteiger partial charge < -0.3 is 4.74 Å². The number of halogens is 1. The summed E-state index contributed by atoms with van der Waals surface area (Å²) in [7, 11) is 0. The Morgan fingerprint density at radius 1 is 1.05 bits per heavy atom. The lowest BCUT2D eigenvalue weighted by atomic mass is 9.95. The average molecular weight is 330 g/mol. The molecule has 3 heteroatoms. The lowest BCUT2D eigenvalue weighted by Crippen LogP contribution is -2.21. The summed E-state index contributed by atoms with van der Waals surface area (Å²) >= 11 is 3.57. The molecule has 1 aliphatic rings. The van der Waals surface area contributed by atoms with E-state index in [2.05, 4.69) is 35.8 Å². The third kappa shape index (κ3) is 2.38. The first kappa shape index (κ1) is 13.4. The Morgan fingerprint density at radius 3 is 2.50 bits per heavy atom. The van der Waals surface area contributed by atoms with Crippen molar-refractivity contribution in [3.8, 4) is 5.75 Å². The highest BCUT2D eigenvalue weighted by Crippen LogP contribution is 2.37. The third-order valence-electron chi connectivity index (χ3n) is 3.44.